The number of nitrogens with one attached hydrogen (secondary N) is 1. The molecule has 0 aliphatic heterocycles. The van der Waals surface area contributed by atoms with E-state index in [-0.39, 0.29) is 6.04 Å². The highest BCUT2D eigenvalue weighted by Gasteiger charge is 2.22. The van der Waals surface area contributed by atoms with E-state index in [1.54, 1.807) is 11.3 Å². The molecule has 2 nitrogen and oxygen atoms in total. The summed E-state index contributed by atoms with van der Waals surface area (Å²) in [4.78, 5) is 0. The van der Waals surface area contributed by atoms with Gasteiger partial charge in [-0.2, -0.15) is 16.6 Å². The van der Waals surface area contributed by atoms with Crippen LogP contribution in [0.4, 0.5) is 0 Å². The van der Waals surface area contributed by atoms with Crippen LogP contribution in [0.15, 0.2) is 16.8 Å². The van der Waals surface area contributed by atoms with Crippen molar-refractivity contribution in [3.63, 3.8) is 0 Å². The van der Waals surface area contributed by atoms with E-state index < -0.39 is 0 Å². The highest BCUT2D eigenvalue weighted by atomic mass is 32.1. The second-order valence-corrected chi connectivity index (χ2v) is 4.25. The zero-order valence-electron chi connectivity index (χ0n) is 7.36. The lowest BCUT2D eigenvalue weighted by molar-refractivity contribution is 0.594. The first-order chi connectivity index (χ1) is 6.40. The average Bonchev–Trinajstić information content (AvgIpc) is 2.81. The van der Waals surface area contributed by atoms with Gasteiger partial charge < -0.3 is 0 Å². The van der Waals surface area contributed by atoms with E-state index in [4.69, 9.17) is 5.26 Å². The van der Waals surface area contributed by atoms with Gasteiger partial charge in [0.2, 0.25) is 0 Å². The molecule has 2 rings (SSSR count). The average molecular weight is 192 g/mol. The summed E-state index contributed by atoms with van der Waals surface area (Å²) in [6, 6.07) is 4.19. The van der Waals surface area contributed by atoms with Crippen LogP contribution >= 0.6 is 11.3 Å². The Morgan fingerprint density at radius 2 is 2.54 bits per heavy atom. The van der Waals surface area contributed by atoms with Crippen LogP contribution in [0.3, 0.4) is 0 Å². The Morgan fingerprint density at radius 3 is 3.08 bits per heavy atom. The largest absolute Gasteiger partial charge is 0.298 e. The molecule has 0 amide bonds. The van der Waals surface area contributed by atoms with Crippen molar-refractivity contribution in [3.8, 4) is 6.07 Å². The maximum atomic E-state index is 8.92. The molecular formula is C10H12N2S. The molecule has 1 aliphatic carbocycles. The summed E-state index contributed by atoms with van der Waals surface area (Å²) in [5, 5.41) is 16.3. The van der Waals surface area contributed by atoms with E-state index in [1.807, 2.05) is 16.8 Å². The second kappa shape index (κ2) is 3.91. The Labute approximate surface area is 82.2 Å². The summed E-state index contributed by atoms with van der Waals surface area (Å²) < 4.78 is 0. The number of rotatable bonds is 4. The fraction of sp³-hybridized carbons (Fsp3) is 0.500. The fourth-order valence-electron chi connectivity index (χ4n) is 1.28. The topological polar surface area (TPSA) is 35.8 Å². The quantitative estimate of drug-likeness (QED) is 0.794. The lowest BCUT2D eigenvalue weighted by Gasteiger charge is -2.08. The van der Waals surface area contributed by atoms with E-state index >= 15 is 0 Å². The normalized spacial score (nSPS) is 18.1. The van der Waals surface area contributed by atoms with Crippen LogP contribution in [-0.4, -0.2) is 6.54 Å². The van der Waals surface area contributed by atoms with Crippen molar-refractivity contribution < 1.29 is 0 Å². The molecule has 1 aromatic rings. The molecule has 1 aromatic heterocycles. The molecule has 0 spiro atoms. The molecule has 1 heterocycles. The van der Waals surface area contributed by atoms with Gasteiger partial charge in [-0.15, -0.1) is 0 Å². The van der Waals surface area contributed by atoms with Crippen LogP contribution in [0, 0.1) is 17.2 Å². The highest BCUT2D eigenvalue weighted by Crippen LogP contribution is 2.28. The molecular weight excluding hydrogens is 180 g/mol. The summed E-state index contributed by atoms with van der Waals surface area (Å²) in [6.07, 6.45) is 2.66. The molecule has 3 heteroatoms. The van der Waals surface area contributed by atoms with Gasteiger partial charge >= 0.3 is 0 Å². The maximum Gasteiger partial charge on any atom is 0.122 e. The van der Waals surface area contributed by atoms with Gasteiger partial charge in [-0.1, -0.05) is 0 Å². The van der Waals surface area contributed by atoms with E-state index in [1.165, 1.54) is 12.8 Å². The van der Waals surface area contributed by atoms with Gasteiger partial charge in [-0.05, 0) is 47.7 Å². The van der Waals surface area contributed by atoms with Crippen LogP contribution in [0.25, 0.3) is 0 Å². The molecule has 0 saturated heterocycles. The van der Waals surface area contributed by atoms with Gasteiger partial charge in [-0.25, -0.2) is 0 Å². The van der Waals surface area contributed by atoms with Crippen LogP contribution in [0.2, 0.25) is 0 Å². The second-order valence-electron chi connectivity index (χ2n) is 3.47. The predicted octanol–water partition coefficient (Wildman–Crippen LogP) is 2.31. The standard InChI is InChI=1S/C10H12N2S/c11-5-10(9-3-4-13-7-9)12-6-8-1-2-8/h3-4,7-8,10,12H,1-2,6H2. The van der Waals surface area contributed by atoms with Gasteiger partial charge in [-0.3, -0.25) is 5.32 Å². The predicted molar refractivity (Wildman–Crippen MR) is 53.4 cm³/mol. The molecule has 0 aromatic carbocycles. The highest BCUT2D eigenvalue weighted by molar-refractivity contribution is 7.07. The molecule has 1 N–H and O–H groups in total. The van der Waals surface area contributed by atoms with Crippen LogP contribution in [0.5, 0.6) is 0 Å². The first-order valence-electron chi connectivity index (χ1n) is 4.55. The smallest absolute Gasteiger partial charge is 0.122 e. The summed E-state index contributed by atoms with van der Waals surface area (Å²) in [5.41, 5.74) is 1.10. The zero-order chi connectivity index (χ0) is 9.10. The minimum absolute atomic E-state index is 0.105. The fourth-order valence-corrected chi connectivity index (χ4v) is 1.97. The van der Waals surface area contributed by atoms with Crippen molar-refractivity contribution >= 4 is 11.3 Å². The minimum Gasteiger partial charge on any atom is -0.298 e. The van der Waals surface area contributed by atoms with Crippen molar-refractivity contribution in [2.45, 2.75) is 18.9 Å². The van der Waals surface area contributed by atoms with Gasteiger partial charge in [0.1, 0.15) is 6.04 Å². The van der Waals surface area contributed by atoms with E-state index in [0.29, 0.717) is 0 Å². The Bertz CT molecular complexity index is 295. The number of hydrogen-bond donors (Lipinski definition) is 1. The molecule has 1 fully saturated rings. The first kappa shape index (κ1) is 8.74. The van der Waals surface area contributed by atoms with E-state index in [2.05, 4.69) is 11.4 Å². The summed E-state index contributed by atoms with van der Waals surface area (Å²) in [6.45, 7) is 0.994. The SMILES string of the molecule is N#CC(NCC1CC1)c1ccsc1. The summed E-state index contributed by atoms with van der Waals surface area (Å²) in [7, 11) is 0. The minimum atomic E-state index is -0.105. The molecule has 1 aliphatic rings. The lowest BCUT2D eigenvalue weighted by atomic mass is 10.2. The van der Waals surface area contributed by atoms with Crippen LogP contribution < -0.4 is 5.32 Å². The third-order valence-corrected chi connectivity index (χ3v) is 3.01. The first-order valence-corrected chi connectivity index (χ1v) is 5.49. The molecule has 13 heavy (non-hydrogen) atoms. The number of nitriles is 1. The van der Waals surface area contributed by atoms with Crippen molar-refractivity contribution in [3.05, 3.63) is 22.4 Å². The lowest BCUT2D eigenvalue weighted by Crippen LogP contribution is -2.21. The van der Waals surface area contributed by atoms with Crippen molar-refractivity contribution in [1.29, 1.82) is 5.26 Å². The van der Waals surface area contributed by atoms with Crippen molar-refractivity contribution in [1.82, 2.24) is 5.32 Å². The third-order valence-electron chi connectivity index (χ3n) is 2.31. The van der Waals surface area contributed by atoms with Crippen molar-refractivity contribution in [2.24, 2.45) is 5.92 Å². The van der Waals surface area contributed by atoms with E-state index in [0.717, 1.165) is 18.0 Å². The molecule has 1 atom stereocenters. The zero-order valence-corrected chi connectivity index (χ0v) is 8.18. The Kier molecular flexibility index (Phi) is 2.62. The molecule has 0 radical (unpaired) electrons. The van der Waals surface area contributed by atoms with Crippen LogP contribution in [-0.2, 0) is 0 Å². The maximum absolute atomic E-state index is 8.92. The summed E-state index contributed by atoms with van der Waals surface area (Å²) >= 11 is 1.64. The van der Waals surface area contributed by atoms with E-state index in [9.17, 15) is 0 Å². The number of nitrogens with zero attached hydrogens (tertiary/aromatic N) is 1. The molecule has 1 unspecified atom stereocenters. The van der Waals surface area contributed by atoms with Gasteiger partial charge in [0, 0.05) is 0 Å². The Hall–Kier alpha value is -0.850. The van der Waals surface area contributed by atoms with Crippen LogP contribution in [0.1, 0.15) is 24.4 Å². The number of thiophene rings is 1. The Balaban J connectivity index is 1.89. The summed E-state index contributed by atoms with van der Waals surface area (Å²) in [5.74, 6) is 0.828. The van der Waals surface area contributed by atoms with Gasteiger partial charge in [0.05, 0.1) is 6.07 Å². The van der Waals surface area contributed by atoms with Gasteiger partial charge in [0.25, 0.3) is 0 Å². The molecule has 1 saturated carbocycles. The Morgan fingerprint density at radius 1 is 1.69 bits per heavy atom. The number of hydrogen-bond acceptors (Lipinski definition) is 3. The van der Waals surface area contributed by atoms with Gasteiger partial charge in [0.15, 0.2) is 0 Å². The van der Waals surface area contributed by atoms with Crippen molar-refractivity contribution in [2.75, 3.05) is 6.54 Å². The third kappa shape index (κ3) is 2.30. The monoisotopic (exact) mass is 192 g/mol. The molecule has 0 bridgehead atoms. The molecule has 68 valence electrons.